The number of hydrogen-bond acceptors (Lipinski definition) is 3. The van der Waals surface area contributed by atoms with Crippen molar-refractivity contribution in [2.75, 3.05) is 0 Å². The van der Waals surface area contributed by atoms with Crippen LogP contribution in [0.4, 0.5) is 0 Å². The highest BCUT2D eigenvalue weighted by Crippen LogP contribution is 2.38. The van der Waals surface area contributed by atoms with E-state index in [4.69, 9.17) is 4.74 Å². The van der Waals surface area contributed by atoms with E-state index in [0.29, 0.717) is 18.4 Å². The zero-order chi connectivity index (χ0) is 18.3. The number of fused-ring (bicyclic) bond motifs is 3. The second-order valence-corrected chi connectivity index (χ2v) is 7.91. The van der Waals surface area contributed by atoms with Crippen molar-refractivity contribution in [3.05, 3.63) is 35.5 Å². The lowest BCUT2D eigenvalue weighted by Gasteiger charge is -2.34. The fourth-order valence-corrected chi connectivity index (χ4v) is 4.25. The zero-order valence-electron chi connectivity index (χ0n) is 15.8. The SMILES string of the molecule is Cc1ccc2c(c1)-c1c(cnn1CC(=O)N[C@@H]1CCC[C@H](C)[C@@H]1C)CO2. The predicted octanol–water partition coefficient (Wildman–Crippen LogP) is 3.69. The van der Waals surface area contributed by atoms with Gasteiger partial charge in [0.2, 0.25) is 5.91 Å². The van der Waals surface area contributed by atoms with Crippen LogP contribution in [0.2, 0.25) is 0 Å². The van der Waals surface area contributed by atoms with Crippen LogP contribution < -0.4 is 10.1 Å². The van der Waals surface area contributed by atoms with Crippen LogP contribution >= 0.6 is 0 Å². The number of aromatic nitrogens is 2. The lowest BCUT2D eigenvalue weighted by Crippen LogP contribution is -2.45. The Kier molecular flexibility index (Phi) is 4.47. The van der Waals surface area contributed by atoms with E-state index < -0.39 is 0 Å². The first kappa shape index (κ1) is 17.1. The monoisotopic (exact) mass is 353 g/mol. The first-order chi connectivity index (χ1) is 12.5. The second kappa shape index (κ2) is 6.78. The summed E-state index contributed by atoms with van der Waals surface area (Å²) >= 11 is 0. The van der Waals surface area contributed by atoms with Gasteiger partial charge in [-0.05, 0) is 37.3 Å². The third-order valence-electron chi connectivity index (χ3n) is 6.04. The van der Waals surface area contributed by atoms with Crippen molar-refractivity contribution in [2.45, 2.75) is 59.2 Å². The minimum atomic E-state index is 0.0440. The number of hydrogen-bond donors (Lipinski definition) is 1. The fraction of sp³-hybridized carbons (Fsp3) is 0.524. The topological polar surface area (TPSA) is 56.2 Å². The van der Waals surface area contributed by atoms with Crippen LogP contribution in [0.3, 0.4) is 0 Å². The molecule has 1 fully saturated rings. The molecule has 1 N–H and O–H groups in total. The van der Waals surface area contributed by atoms with Gasteiger partial charge in [0.1, 0.15) is 18.9 Å². The zero-order valence-corrected chi connectivity index (χ0v) is 15.8. The maximum Gasteiger partial charge on any atom is 0.241 e. The Morgan fingerprint density at radius 2 is 2.19 bits per heavy atom. The van der Waals surface area contributed by atoms with Crippen LogP contribution in [-0.2, 0) is 17.9 Å². The van der Waals surface area contributed by atoms with Gasteiger partial charge in [0, 0.05) is 17.2 Å². The number of nitrogens with zero attached hydrogens (tertiary/aromatic N) is 2. The molecule has 1 aliphatic heterocycles. The summed E-state index contributed by atoms with van der Waals surface area (Å²) in [6, 6.07) is 6.42. The molecule has 0 radical (unpaired) electrons. The van der Waals surface area contributed by atoms with Crippen molar-refractivity contribution < 1.29 is 9.53 Å². The molecule has 0 unspecified atom stereocenters. The van der Waals surface area contributed by atoms with Gasteiger partial charge in [-0.3, -0.25) is 9.48 Å². The number of carbonyl (C=O) groups is 1. The third kappa shape index (κ3) is 3.11. The predicted molar refractivity (Wildman–Crippen MR) is 101 cm³/mol. The molecule has 138 valence electrons. The smallest absolute Gasteiger partial charge is 0.241 e. The Labute approximate surface area is 154 Å². The molecule has 5 nitrogen and oxygen atoms in total. The molecule has 2 heterocycles. The average Bonchev–Trinajstić information content (AvgIpc) is 3.02. The fourth-order valence-electron chi connectivity index (χ4n) is 4.25. The van der Waals surface area contributed by atoms with Crippen LogP contribution in [0.15, 0.2) is 24.4 Å². The van der Waals surface area contributed by atoms with Crippen molar-refractivity contribution in [3.63, 3.8) is 0 Å². The molecule has 1 saturated carbocycles. The highest BCUT2D eigenvalue weighted by atomic mass is 16.5. The Hall–Kier alpha value is -2.30. The van der Waals surface area contributed by atoms with E-state index in [9.17, 15) is 4.79 Å². The van der Waals surface area contributed by atoms with Gasteiger partial charge < -0.3 is 10.1 Å². The van der Waals surface area contributed by atoms with Crippen LogP contribution in [0, 0.1) is 18.8 Å². The highest BCUT2D eigenvalue weighted by molar-refractivity contribution is 5.78. The highest BCUT2D eigenvalue weighted by Gasteiger charge is 2.29. The standard InChI is InChI=1S/C21H27N3O2/c1-13-7-8-19-17(9-13)21-16(12-26-19)10-22-24(21)11-20(25)23-18-6-4-5-14(2)15(18)3/h7-10,14-15,18H,4-6,11-12H2,1-3H3,(H,23,25)/t14-,15-,18+/m0/s1. The number of benzene rings is 1. The van der Waals surface area contributed by atoms with Crippen molar-refractivity contribution in [2.24, 2.45) is 11.8 Å². The minimum Gasteiger partial charge on any atom is -0.488 e. The van der Waals surface area contributed by atoms with Crippen molar-refractivity contribution in [1.82, 2.24) is 15.1 Å². The van der Waals surface area contributed by atoms with E-state index in [-0.39, 0.29) is 18.5 Å². The third-order valence-corrected chi connectivity index (χ3v) is 6.04. The molecular weight excluding hydrogens is 326 g/mol. The van der Waals surface area contributed by atoms with E-state index in [2.05, 4.69) is 37.3 Å². The molecule has 4 rings (SSSR count). The van der Waals surface area contributed by atoms with E-state index in [1.807, 2.05) is 23.0 Å². The van der Waals surface area contributed by atoms with Gasteiger partial charge in [-0.15, -0.1) is 0 Å². The molecule has 1 amide bonds. The molecule has 26 heavy (non-hydrogen) atoms. The summed E-state index contributed by atoms with van der Waals surface area (Å²) in [5, 5.41) is 7.72. The maximum atomic E-state index is 12.7. The quantitative estimate of drug-likeness (QED) is 0.915. The summed E-state index contributed by atoms with van der Waals surface area (Å²) in [5.74, 6) is 2.09. The van der Waals surface area contributed by atoms with Gasteiger partial charge >= 0.3 is 0 Å². The molecule has 2 aliphatic rings. The van der Waals surface area contributed by atoms with Gasteiger partial charge in [0.15, 0.2) is 0 Å². The maximum absolute atomic E-state index is 12.7. The van der Waals surface area contributed by atoms with E-state index in [0.717, 1.165) is 29.0 Å². The number of aryl methyl sites for hydroxylation is 1. The molecule has 2 aromatic rings. The van der Waals surface area contributed by atoms with Gasteiger partial charge in [-0.1, -0.05) is 38.3 Å². The first-order valence-electron chi connectivity index (χ1n) is 9.61. The molecule has 1 aromatic heterocycles. The summed E-state index contributed by atoms with van der Waals surface area (Å²) in [4.78, 5) is 12.7. The number of carbonyl (C=O) groups excluding carboxylic acids is 1. The van der Waals surface area contributed by atoms with Crippen LogP contribution in [-0.4, -0.2) is 21.7 Å². The van der Waals surface area contributed by atoms with Gasteiger partial charge in [0.25, 0.3) is 0 Å². The average molecular weight is 353 g/mol. The summed E-state index contributed by atoms with van der Waals surface area (Å²) in [7, 11) is 0. The summed E-state index contributed by atoms with van der Waals surface area (Å²) in [6.07, 6.45) is 5.34. The van der Waals surface area contributed by atoms with Crippen LogP contribution in [0.5, 0.6) is 5.75 Å². The van der Waals surface area contributed by atoms with E-state index in [1.54, 1.807) is 0 Å². The second-order valence-electron chi connectivity index (χ2n) is 7.91. The Morgan fingerprint density at radius 1 is 1.35 bits per heavy atom. The number of ether oxygens (including phenoxy) is 1. The molecule has 0 saturated heterocycles. The molecule has 1 aromatic carbocycles. The summed E-state index contributed by atoms with van der Waals surface area (Å²) < 4.78 is 7.64. The largest absolute Gasteiger partial charge is 0.488 e. The van der Waals surface area contributed by atoms with Crippen molar-refractivity contribution >= 4 is 5.91 Å². The summed E-state index contributed by atoms with van der Waals surface area (Å²) in [5.41, 5.74) is 4.24. The molecule has 3 atom stereocenters. The van der Waals surface area contributed by atoms with Crippen molar-refractivity contribution in [3.8, 4) is 17.0 Å². The Balaban J connectivity index is 1.54. The number of rotatable bonds is 3. The summed E-state index contributed by atoms with van der Waals surface area (Å²) in [6.45, 7) is 7.35. The van der Waals surface area contributed by atoms with Crippen LogP contribution in [0.1, 0.15) is 44.2 Å². The molecular formula is C21H27N3O2. The Morgan fingerprint density at radius 3 is 3.04 bits per heavy atom. The molecule has 1 aliphatic carbocycles. The normalized spacial score (nSPS) is 24.3. The molecule has 0 spiro atoms. The first-order valence-corrected chi connectivity index (χ1v) is 9.61. The van der Waals surface area contributed by atoms with E-state index in [1.165, 1.54) is 18.4 Å². The van der Waals surface area contributed by atoms with E-state index >= 15 is 0 Å². The number of nitrogens with one attached hydrogen (secondary N) is 1. The van der Waals surface area contributed by atoms with Gasteiger partial charge in [-0.2, -0.15) is 5.10 Å². The van der Waals surface area contributed by atoms with Crippen LogP contribution in [0.25, 0.3) is 11.3 Å². The van der Waals surface area contributed by atoms with Crippen molar-refractivity contribution in [1.29, 1.82) is 0 Å². The van der Waals surface area contributed by atoms with Gasteiger partial charge in [0.05, 0.1) is 11.9 Å². The molecule has 0 bridgehead atoms. The van der Waals surface area contributed by atoms with Gasteiger partial charge in [-0.25, -0.2) is 0 Å². The lowest BCUT2D eigenvalue weighted by molar-refractivity contribution is -0.123. The lowest BCUT2D eigenvalue weighted by atomic mass is 9.78. The number of amides is 1. The minimum absolute atomic E-state index is 0.0440. The Bertz CT molecular complexity index is 827. The molecule has 5 heteroatoms.